The molecule has 4 heterocycles. The van der Waals surface area contributed by atoms with Gasteiger partial charge in [0.1, 0.15) is 21.8 Å². The molecule has 14 heteroatoms. The van der Waals surface area contributed by atoms with Crippen LogP contribution in [0.15, 0.2) is 11.3 Å². The summed E-state index contributed by atoms with van der Waals surface area (Å²) in [6.45, 7) is 1.44. The van der Waals surface area contributed by atoms with Crippen molar-refractivity contribution < 1.29 is 32.7 Å². The number of carbonyl (C=O) groups excluding carboxylic acids is 2. The van der Waals surface area contributed by atoms with Crippen molar-refractivity contribution in [2.45, 2.75) is 36.9 Å². The second-order valence-corrected chi connectivity index (χ2v) is 8.53. The molecule has 1 N–H and O–H groups in total. The van der Waals surface area contributed by atoms with E-state index in [0.717, 1.165) is 4.90 Å². The quantitative estimate of drug-likeness (QED) is 0.389. The summed E-state index contributed by atoms with van der Waals surface area (Å²) in [5.41, 5.74) is -0.0157. The number of aryl methyl sites for hydroxylation is 1. The van der Waals surface area contributed by atoms with E-state index < -0.39 is 47.2 Å². The van der Waals surface area contributed by atoms with Gasteiger partial charge in [0, 0.05) is 12.5 Å². The van der Waals surface area contributed by atoms with Crippen LogP contribution in [0, 0.1) is 12.8 Å². The van der Waals surface area contributed by atoms with Crippen molar-refractivity contribution in [2.75, 3.05) is 6.54 Å². The monoisotopic (exact) mass is 458 g/mol. The Hall–Kier alpha value is -1.15. The molecule has 1 aromatic heterocycles. The van der Waals surface area contributed by atoms with Gasteiger partial charge >= 0.3 is 47.6 Å². The molecule has 0 aromatic carbocycles. The Morgan fingerprint density at radius 3 is 2.52 bits per heavy atom. The zero-order valence-corrected chi connectivity index (χ0v) is 15.9. The van der Waals surface area contributed by atoms with Gasteiger partial charge in [-0.25, -0.2) is 4.79 Å². The molecule has 8 nitrogen and oxygen atoms in total. The van der Waals surface area contributed by atoms with Crippen LogP contribution in [0.2, 0.25) is 0 Å². The molecule has 3 aliphatic rings. The van der Waals surface area contributed by atoms with Crippen molar-refractivity contribution in [3.8, 4) is 0 Å². The fourth-order valence-electron chi connectivity index (χ4n) is 4.16. The maximum absolute atomic E-state index is 12.9. The van der Waals surface area contributed by atoms with Crippen LogP contribution in [0.25, 0.3) is 0 Å². The molecule has 4 atom stereocenters. The molecule has 0 radical (unpaired) electrons. The number of likely N-dealkylation sites (tertiary alicyclic amines) is 1. The standard InChI is InChI=1S/C15H13F3N4O4S2.Na.H/c1-4-19-20-11(28-4)10(27)6-2-5-3-21(14(26)15(16,17)18)9-7(5)22(12(9)23)8(6)13(24)25;;/h5,7,9-10,27H,2-3H2,1H3,(H,24,25);;/t5-,7-,9+,10+;;/m1../s1. The molecule has 0 unspecified atom stereocenters. The molecule has 0 aliphatic carbocycles. The number of thiol groups is 1. The number of carbonyl (C=O) groups is 3. The molecule has 0 bridgehead atoms. The van der Waals surface area contributed by atoms with Crippen molar-refractivity contribution >= 4 is 71.3 Å². The molecule has 3 aliphatic heterocycles. The number of β-lactam (4-membered cyclic amide) rings is 1. The SMILES string of the molecule is Cc1nnc([C@@H](S)C2=C(C(=O)O)N3C(=O)[C@@H]4[C@H]3[C@H](C2)CN4C(=O)C(F)(F)F)s1.[NaH]. The van der Waals surface area contributed by atoms with Gasteiger partial charge in [-0.15, -0.1) is 21.5 Å². The fraction of sp³-hybridized carbons (Fsp3) is 0.533. The number of carboxylic acids is 1. The first-order valence-electron chi connectivity index (χ1n) is 8.17. The number of nitrogens with zero attached hydrogens (tertiary/aromatic N) is 4. The fourth-order valence-corrected chi connectivity index (χ4v) is 5.32. The van der Waals surface area contributed by atoms with E-state index in [1.165, 1.54) is 11.3 Å². The van der Waals surface area contributed by atoms with E-state index in [-0.39, 0.29) is 53.8 Å². The summed E-state index contributed by atoms with van der Waals surface area (Å²) in [4.78, 5) is 37.6. The number of amides is 2. The van der Waals surface area contributed by atoms with Crippen LogP contribution in [0.5, 0.6) is 0 Å². The van der Waals surface area contributed by atoms with Gasteiger partial charge < -0.3 is 10.0 Å². The number of aromatic nitrogens is 2. The molecule has 0 spiro atoms. The van der Waals surface area contributed by atoms with E-state index in [9.17, 15) is 32.7 Å². The molecular weight excluding hydrogens is 444 g/mol. The molecule has 29 heavy (non-hydrogen) atoms. The second-order valence-electron chi connectivity index (χ2n) is 6.80. The van der Waals surface area contributed by atoms with Gasteiger partial charge in [-0.3, -0.25) is 14.5 Å². The van der Waals surface area contributed by atoms with E-state index in [2.05, 4.69) is 22.8 Å². The Balaban J connectivity index is 0.00000240. The second kappa shape index (κ2) is 7.52. The van der Waals surface area contributed by atoms with Crippen molar-refractivity contribution in [1.82, 2.24) is 20.0 Å². The number of halogens is 3. The predicted octanol–water partition coefficient (Wildman–Crippen LogP) is 0.511. The Labute approximate surface area is 193 Å². The summed E-state index contributed by atoms with van der Waals surface area (Å²) >= 11 is 5.65. The third kappa shape index (κ3) is 3.40. The molecule has 2 saturated heterocycles. The molecule has 0 saturated carbocycles. The van der Waals surface area contributed by atoms with Crippen LogP contribution >= 0.6 is 24.0 Å². The number of hydrogen-bond donors (Lipinski definition) is 2. The van der Waals surface area contributed by atoms with Crippen molar-refractivity contribution in [1.29, 1.82) is 0 Å². The van der Waals surface area contributed by atoms with E-state index in [1.807, 2.05) is 0 Å². The van der Waals surface area contributed by atoms with E-state index in [1.54, 1.807) is 6.92 Å². The first-order chi connectivity index (χ1) is 13.0. The van der Waals surface area contributed by atoms with E-state index >= 15 is 0 Å². The summed E-state index contributed by atoms with van der Waals surface area (Å²) in [5, 5.41) is 17.8. The third-order valence-electron chi connectivity index (χ3n) is 5.20. The average Bonchev–Trinajstić information content (AvgIpc) is 3.19. The van der Waals surface area contributed by atoms with Gasteiger partial charge in [-0.2, -0.15) is 25.8 Å². The summed E-state index contributed by atoms with van der Waals surface area (Å²) in [7, 11) is 0. The number of alkyl halides is 3. The van der Waals surface area contributed by atoms with Gasteiger partial charge in [0.15, 0.2) is 0 Å². The molecule has 2 fully saturated rings. The normalized spacial score (nSPS) is 26.7. The summed E-state index contributed by atoms with van der Waals surface area (Å²) in [6.07, 6.45) is -5.00. The number of rotatable bonds is 3. The summed E-state index contributed by atoms with van der Waals surface area (Å²) in [5.74, 6) is -4.79. The van der Waals surface area contributed by atoms with E-state index in [0.29, 0.717) is 14.9 Å². The molecule has 152 valence electrons. The number of aliphatic carboxylic acids is 1. The summed E-state index contributed by atoms with van der Waals surface area (Å²) < 4.78 is 38.6. The van der Waals surface area contributed by atoms with Crippen molar-refractivity contribution in [3.63, 3.8) is 0 Å². The summed E-state index contributed by atoms with van der Waals surface area (Å²) in [6, 6.07) is -2.05. The number of carboxylic acid groups (broad SMARTS) is 1. The minimum absolute atomic E-state index is 0. The zero-order valence-electron chi connectivity index (χ0n) is 14.2. The Kier molecular flexibility index (Phi) is 5.84. The minimum atomic E-state index is -5.10. The third-order valence-corrected chi connectivity index (χ3v) is 6.84. The van der Waals surface area contributed by atoms with E-state index in [4.69, 9.17) is 0 Å². The van der Waals surface area contributed by atoms with Crippen molar-refractivity contribution in [3.05, 3.63) is 21.3 Å². The van der Waals surface area contributed by atoms with Gasteiger partial charge in [0.05, 0.1) is 11.3 Å². The van der Waals surface area contributed by atoms with Gasteiger partial charge in [0.25, 0.3) is 5.91 Å². The molecule has 2 amide bonds. The molecular formula is C15H14F3N4NaO4S2. The Morgan fingerprint density at radius 1 is 1.34 bits per heavy atom. The average molecular weight is 458 g/mol. The van der Waals surface area contributed by atoms with Crippen LogP contribution in [-0.4, -0.2) is 97.2 Å². The Morgan fingerprint density at radius 2 is 2.00 bits per heavy atom. The van der Waals surface area contributed by atoms with Gasteiger partial charge in [0.2, 0.25) is 0 Å². The van der Waals surface area contributed by atoms with Crippen LogP contribution in [0.1, 0.15) is 21.7 Å². The van der Waals surface area contributed by atoms with Crippen LogP contribution in [0.3, 0.4) is 0 Å². The number of hydrogen-bond acceptors (Lipinski definition) is 7. The first-order valence-corrected chi connectivity index (χ1v) is 9.51. The molecule has 1 aromatic rings. The van der Waals surface area contributed by atoms with Gasteiger partial charge in [-0.1, -0.05) is 0 Å². The zero-order chi connectivity index (χ0) is 20.5. The maximum atomic E-state index is 12.9. The van der Waals surface area contributed by atoms with Crippen LogP contribution < -0.4 is 0 Å². The molecule has 4 rings (SSSR count). The van der Waals surface area contributed by atoms with Crippen LogP contribution in [-0.2, 0) is 14.4 Å². The predicted molar refractivity (Wildman–Crippen MR) is 98.5 cm³/mol. The first kappa shape index (κ1) is 22.5. The Bertz CT molecular complexity index is 937. The van der Waals surface area contributed by atoms with Crippen LogP contribution in [0.4, 0.5) is 13.2 Å². The van der Waals surface area contributed by atoms with Crippen molar-refractivity contribution in [2.24, 2.45) is 5.92 Å². The topological polar surface area (TPSA) is 104 Å². The van der Waals surface area contributed by atoms with Gasteiger partial charge in [-0.05, 0) is 18.9 Å².